The van der Waals surface area contributed by atoms with Gasteiger partial charge in [0, 0.05) is 38.9 Å². The molecule has 3 heterocycles. The Hall–Kier alpha value is -1.46. The number of carbonyl (C=O) groups excluding carboxylic acids is 1. The van der Waals surface area contributed by atoms with Gasteiger partial charge in [0.05, 0.1) is 11.7 Å². The standard InChI is InChI=1S/C15H22N4O/c20-15(18-10-7-16-8-11-18)14-5-3-9-19(14)12-13-4-1-2-6-17-13/h1-2,4,6,14,16H,3,5,7-12H2. The van der Waals surface area contributed by atoms with Crippen LogP contribution < -0.4 is 5.32 Å². The van der Waals surface area contributed by atoms with Crippen LogP contribution >= 0.6 is 0 Å². The number of carbonyl (C=O) groups is 1. The van der Waals surface area contributed by atoms with Gasteiger partial charge in [0.2, 0.25) is 5.91 Å². The highest BCUT2D eigenvalue weighted by atomic mass is 16.2. The maximum absolute atomic E-state index is 12.6. The van der Waals surface area contributed by atoms with Crippen molar-refractivity contribution in [3.63, 3.8) is 0 Å². The minimum Gasteiger partial charge on any atom is -0.339 e. The second-order valence-corrected chi connectivity index (χ2v) is 5.52. The summed E-state index contributed by atoms with van der Waals surface area (Å²) >= 11 is 0. The van der Waals surface area contributed by atoms with Crippen LogP contribution in [0.2, 0.25) is 0 Å². The predicted octanol–water partition coefficient (Wildman–Crippen LogP) is 0.478. The first kappa shape index (κ1) is 13.5. The largest absolute Gasteiger partial charge is 0.339 e. The Kier molecular flexibility index (Phi) is 4.28. The Morgan fingerprint density at radius 2 is 2.15 bits per heavy atom. The molecular weight excluding hydrogens is 252 g/mol. The summed E-state index contributed by atoms with van der Waals surface area (Å²) in [6, 6.07) is 6.02. The molecule has 1 amide bonds. The maximum Gasteiger partial charge on any atom is 0.240 e. The van der Waals surface area contributed by atoms with Crippen molar-refractivity contribution in [1.82, 2.24) is 20.1 Å². The average molecular weight is 274 g/mol. The fourth-order valence-corrected chi connectivity index (χ4v) is 3.09. The number of pyridine rings is 1. The molecule has 0 aliphatic carbocycles. The van der Waals surface area contributed by atoms with Crippen molar-refractivity contribution in [2.45, 2.75) is 25.4 Å². The molecule has 1 unspecified atom stereocenters. The third kappa shape index (κ3) is 2.99. The van der Waals surface area contributed by atoms with E-state index in [1.54, 1.807) is 0 Å². The Labute approximate surface area is 120 Å². The second kappa shape index (κ2) is 6.33. The van der Waals surface area contributed by atoms with E-state index in [0.717, 1.165) is 57.8 Å². The van der Waals surface area contributed by atoms with Crippen LogP contribution in [0.15, 0.2) is 24.4 Å². The minimum atomic E-state index is 0.0510. The van der Waals surface area contributed by atoms with Gasteiger partial charge in [-0.1, -0.05) is 6.07 Å². The summed E-state index contributed by atoms with van der Waals surface area (Å²) in [7, 11) is 0. The number of likely N-dealkylation sites (tertiary alicyclic amines) is 1. The summed E-state index contributed by atoms with van der Waals surface area (Å²) in [5, 5.41) is 3.29. The number of nitrogens with zero attached hydrogens (tertiary/aromatic N) is 3. The van der Waals surface area contributed by atoms with E-state index in [4.69, 9.17) is 0 Å². The van der Waals surface area contributed by atoms with E-state index in [0.29, 0.717) is 5.91 Å². The van der Waals surface area contributed by atoms with Crippen LogP contribution in [0.1, 0.15) is 18.5 Å². The number of aromatic nitrogens is 1. The Balaban J connectivity index is 1.64. The maximum atomic E-state index is 12.6. The molecule has 0 spiro atoms. The van der Waals surface area contributed by atoms with Crippen LogP contribution in [0.4, 0.5) is 0 Å². The highest BCUT2D eigenvalue weighted by Crippen LogP contribution is 2.21. The van der Waals surface area contributed by atoms with Crippen molar-refractivity contribution in [2.75, 3.05) is 32.7 Å². The van der Waals surface area contributed by atoms with Crippen molar-refractivity contribution in [3.8, 4) is 0 Å². The topological polar surface area (TPSA) is 48.5 Å². The zero-order valence-corrected chi connectivity index (χ0v) is 11.8. The molecule has 0 aromatic carbocycles. The zero-order chi connectivity index (χ0) is 13.8. The molecule has 5 nitrogen and oxygen atoms in total. The van der Waals surface area contributed by atoms with E-state index in [9.17, 15) is 4.79 Å². The SMILES string of the molecule is O=C(C1CCCN1Cc1ccccn1)N1CCNCC1. The molecular formula is C15H22N4O. The van der Waals surface area contributed by atoms with Crippen LogP contribution in [0.25, 0.3) is 0 Å². The van der Waals surface area contributed by atoms with E-state index in [1.165, 1.54) is 0 Å². The highest BCUT2D eigenvalue weighted by Gasteiger charge is 2.34. The number of hydrogen-bond acceptors (Lipinski definition) is 4. The molecule has 2 saturated heterocycles. The number of hydrogen-bond donors (Lipinski definition) is 1. The zero-order valence-electron chi connectivity index (χ0n) is 11.8. The summed E-state index contributed by atoms with van der Waals surface area (Å²) in [6.45, 7) is 5.29. The van der Waals surface area contributed by atoms with Crippen molar-refractivity contribution in [2.24, 2.45) is 0 Å². The highest BCUT2D eigenvalue weighted by molar-refractivity contribution is 5.82. The monoisotopic (exact) mass is 274 g/mol. The minimum absolute atomic E-state index is 0.0510. The molecule has 20 heavy (non-hydrogen) atoms. The molecule has 0 radical (unpaired) electrons. The van der Waals surface area contributed by atoms with Crippen LogP contribution in [0.3, 0.4) is 0 Å². The van der Waals surface area contributed by atoms with Crippen molar-refractivity contribution >= 4 is 5.91 Å². The summed E-state index contributed by atoms with van der Waals surface area (Å²) in [6.07, 6.45) is 3.91. The van der Waals surface area contributed by atoms with Gasteiger partial charge in [-0.2, -0.15) is 0 Å². The summed E-state index contributed by atoms with van der Waals surface area (Å²) in [5.41, 5.74) is 1.05. The third-order valence-corrected chi connectivity index (χ3v) is 4.17. The Morgan fingerprint density at radius 3 is 2.90 bits per heavy atom. The van der Waals surface area contributed by atoms with Crippen LogP contribution in [0, 0.1) is 0 Å². The number of rotatable bonds is 3. The number of nitrogens with one attached hydrogen (secondary N) is 1. The summed E-state index contributed by atoms with van der Waals surface area (Å²) in [5.74, 6) is 0.305. The molecule has 1 atom stereocenters. The fraction of sp³-hybridized carbons (Fsp3) is 0.600. The van der Waals surface area contributed by atoms with Gasteiger partial charge in [0.1, 0.15) is 0 Å². The van der Waals surface area contributed by atoms with Crippen molar-refractivity contribution in [1.29, 1.82) is 0 Å². The predicted molar refractivity (Wildman–Crippen MR) is 77.1 cm³/mol. The summed E-state index contributed by atoms with van der Waals surface area (Å²) < 4.78 is 0. The van der Waals surface area contributed by atoms with Crippen LogP contribution in [-0.2, 0) is 11.3 Å². The van der Waals surface area contributed by atoms with Crippen molar-refractivity contribution < 1.29 is 4.79 Å². The Bertz CT molecular complexity index is 444. The lowest BCUT2D eigenvalue weighted by molar-refractivity contribution is -0.136. The molecule has 1 aromatic heterocycles. The molecule has 108 valence electrons. The van der Waals surface area contributed by atoms with Gasteiger partial charge in [0.25, 0.3) is 0 Å². The average Bonchev–Trinajstić information content (AvgIpc) is 2.96. The molecule has 2 aliphatic heterocycles. The molecule has 0 saturated carbocycles. The normalized spacial score (nSPS) is 24.0. The van der Waals surface area contributed by atoms with Gasteiger partial charge in [0.15, 0.2) is 0 Å². The van der Waals surface area contributed by atoms with Crippen LogP contribution in [-0.4, -0.2) is 59.5 Å². The Morgan fingerprint density at radius 1 is 1.30 bits per heavy atom. The van der Waals surface area contributed by atoms with E-state index < -0.39 is 0 Å². The lowest BCUT2D eigenvalue weighted by Gasteiger charge is -2.32. The van der Waals surface area contributed by atoms with Gasteiger partial charge in [-0.05, 0) is 31.5 Å². The molecule has 3 rings (SSSR count). The van der Waals surface area contributed by atoms with Crippen LogP contribution in [0.5, 0.6) is 0 Å². The lowest BCUT2D eigenvalue weighted by atomic mass is 10.1. The van der Waals surface area contributed by atoms with Gasteiger partial charge >= 0.3 is 0 Å². The van der Waals surface area contributed by atoms with Crippen molar-refractivity contribution in [3.05, 3.63) is 30.1 Å². The molecule has 1 N–H and O–H groups in total. The molecule has 1 aromatic rings. The lowest BCUT2D eigenvalue weighted by Crippen LogP contribution is -2.52. The molecule has 2 fully saturated rings. The van der Waals surface area contributed by atoms with E-state index in [-0.39, 0.29) is 6.04 Å². The van der Waals surface area contributed by atoms with Gasteiger partial charge in [-0.25, -0.2) is 0 Å². The molecule has 2 aliphatic rings. The van der Waals surface area contributed by atoms with Gasteiger partial charge in [-0.3, -0.25) is 14.7 Å². The number of amides is 1. The van der Waals surface area contributed by atoms with E-state index >= 15 is 0 Å². The van der Waals surface area contributed by atoms with Gasteiger partial charge < -0.3 is 10.2 Å². The van der Waals surface area contributed by atoms with E-state index in [1.807, 2.05) is 29.3 Å². The second-order valence-electron chi connectivity index (χ2n) is 5.52. The summed E-state index contributed by atoms with van der Waals surface area (Å²) in [4.78, 5) is 21.3. The van der Waals surface area contributed by atoms with E-state index in [2.05, 4.69) is 15.2 Å². The smallest absolute Gasteiger partial charge is 0.240 e. The fourth-order valence-electron chi connectivity index (χ4n) is 3.09. The number of piperazine rings is 1. The first-order valence-corrected chi connectivity index (χ1v) is 7.48. The molecule has 0 bridgehead atoms. The van der Waals surface area contributed by atoms with Gasteiger partial charge in [-0.15, -0.1) is 0 Å². The quantitative estimate of drug-likeness (QED) is 0.871. The first-order valence-electron chi connectivity index (χ1n) is 7.48. The first-order chi connectivity index (χ1) is 9.84. The third-order valence-electron chi connectivity index (χ3n) is 4.17. The molecule has 5 heteroatoms.